The molecular formula is C24H24FNO5. The van der Waals surface area contributed by atoms with E-state index in [1.807, 2.05) is 18.4 Å². The molecule has 0 amide bonds. The van der Waals surface area contributed by atoms with E-state index in [2.05, 4.69) is 0 Å². The third-order valence-corrected chi connectivity index (χ3v) is 4.91. The molecule has 1 aromatic heterocycles. The van der Waals surface area contributed by atoms with Gasteiger partial charge in [0.1, 0.15) is 5.82 Å². The first-order valence-electron chi connectivity index (χ1n) is 9.75. The van der Waals surface area contributed by atoms with Crippen LogP contribution in [0.4, 0.5) is 4.39 Å². The molecule has 31 heavy (non-hydrogen) atoms. The van der Waals surface area contributed by atoms with Crippen LogP contribution in [-0.4, -0.2) is 36.6 Å². The second-order valence-corrected chi connectivity index (χ2v) is 7.02. The molecule has 0 fully saturated rings. The van der Waals surface area contributed by atoms with E-state index in [0.717, 1.165) is 17.0 Å². The fraction of sp³-hybridized carbons (Fsp3) is 0.250. The Bertz CT molecular complexity index is 1070. The number of hydrogen-bond donors (Lipinski definition) is 0. The highest BCUT2D eigenvalue weighted by atomic mass is 19.1. The number of aromatic nitrogens is 1. The van der Waals surface area contributed by atoms with E-state index in [9.17, 15) is 14.0 Å². The van der Waals surface area contributed by atoms with Crippen LogP contribution in [0.1, 0.15) is 27.3 Å². The van der Waals surface area contributed by atoms with Crippen molar-refractivity contribution in [3.63, 3.8) is 0 Å². The number of para-hydroxylation sites is 2. The monoisotopic (exact) mass is 425 g/mol. The third kappa shape index (κ3) is 5.51. The Kier molecular flexibility index (Phi) is 7.07. The minimum atomic E-state index is -0.653. The summed E-state index contributed by atoms with van der Waals surface area (Å²) in [6, 6.07) is 14.9. The van der Waals surface area contributed by atoms with Crippen LogP contribution in [0, 0.1) is 19.7 Å². The number of hydrogen-bond acceptors (Lipinski definition) is 5. The van der Waals surface area contributed by atoms with Gasteiger partial charge in [-0.2, -0.15) is 0 Å². The van der Waals surface area contributed by atoms with Crippen molar-refractivity contribution in [2.75, 3.05) is 20.3 Å². The van der Waals surface area contributed by atoms with E-state index < -0.39 is 5.97 Å². The molecule has 0 aliphatic heterocycles. The Morgan fingerprint density at radius 3 is 2.32 bits per heavy atom. The van der Waals surface area contributed by atoms with Gasteiger partial charge in [0, 0.05) is 23.5 Å². The Labute approximate surface area is 180 Å². The molecule has 3 aromatic rings. The van der Waals surface area contributed by atoms with Crippen molar-refractivity contribution in [2.45, 2.75) is 20.4 Å². The molecule has 1 heterocycles. The molecule has 0 aliphatic rings. The highest BCUT2D eigenvalue weighted by Crippen LogP contribution is 2.25. The number of nitrogens with zero attached hydrogens (tertiary/aromatic N) is 1. The first-order valence-corrected chi connectivity index (χ1v) is 9.75. The van der Waals surface area contributed by atoms with Gasteiger partial charge in [-0.15, -0.1) is 0 Å². The average Bonchev–Trinajstić information content (AvgIpc) is 3.06. The van der Waals surface area contributed by atoms with Gasteiger partial charge in [-0.1, -0.05) is 24.3 Å². The number of Topliss-reactive ketones (excluding diaryl/α,β-unsaturated/α-hetero) is 1. The zero-order valence-electron chi connectivity index (χ0n) is 17.7. The number of methoxy groups -OCH3 is 1. The number of benzene rings is 2. The minimum absolute atomic E-state index is 0.294. The van der Waals surface area contributed by atoms with Crippen LogP contribution in [0.3, 0.4) is 0 Å². The Hall–Kier alpha value is -3.61. The number of ketones is 1. The topological polar surface area (TPSA) is 66.8 Å². The van der Waals surface area contributed by atoms with Crippen molar-refractivity contribution >= 4 is 11.8 Å². The third-order valence-electron chi connectivity index (χ3n) is 4.91. The maximum atomic E-state index is 13.1. The molecule has 0 unspecified atom stereocenters. The van der Waals surface area contributed by atoms with Gasteiger partial charge in [-0.3, -0.25) is 4.79 Å². The number of carbonyl (C=O) groups excluding carboxylic acids is 2. The van der Waals surface area contributed by atoms with Crippen molar-refractivity contribution in [2.24, 2.45) is 0 Å². The zero-order chi connectivity index (χ0) is 22.4. The quantitative estimate of drug-likeness (QED) is 0.381. The van der Waals surface area contributed by atoms with Crippen molar-refractivity contribution in [1.29, 1.82) is 0 Å². The van der Waals surface area contributed by atoms with E-state index >= 15 is 0 Å². The van der Waals surface area contributed by atoms with Gasteiger partial charge in [0.05, 0.1) is 7.11 Å². The average molecular weight is 425 g/mol. The molecule has 0 aliphatic carbocycles. The van der Waals surface area contributed by atoms with Gasteiger partial charge in [-0.05, 0) is 49.7 Å². The molecular weight excluding hydrogens is 401 g/mol. The van der Waals surface area contributed by atoms with Crippen LogP contribution in [0.2, 0.25) is 0 Å². The Morgan fingerprint density at radius 1 is 0.968 bits per heavy atom. The molecule has 0 saturated carbocycles. The molecule has 2 aromatic carbocycles. The smallest absolute Gasteiger partial charge is 0.344 e. The zero-order valence-corrected chi connectivity index (χ0v) is 17.7. The standard InChI is InChI=1S/C24H24FNO5/c1-16-12-20(17(2)26(16)13-18-8-10-19(25)11-9-18)21(27)14-31-24(28)15-30-23-7-5-4-6-22(23)29-3/h4-12H,13-15H2,1-3H3. The number of aryl methyl sites for hydroxylation is 1. The normalized spacial score (nSPS) is 10.6. The van der Waals surface area contributed by atoms with Crippen LogP contribution in [0.15, 0.2) is 54.6 Å². The summed E-state index contributed by atoms with van der Waals surface area (Å²) in [6.07, 6.45) is 0. The van der Waals surface area contributed by atoms with E-state index in [0.29, 0.717) is 23.6 Å². The predicted molar refractivity (Wildman–Crippen MR) is 113 cm³/mol. The van der Waals surface area contributed by atoms with Crippen molar-refractivity contribution < 1.29 is 28.2 Å². The van der Waals surface area contributed by atoms with Crippen LogP contribution in [0.5, 0.6) is 11.5 Å². The van der Waals surface area contributed by atoms with Crippen LogP contribution in [-0.2, 0) is 16.1 Å². The summed E-state index contributed by atoms with van der Waals surface area (Å²) in [5.74, 6) is -0.335. The van der Waals surface area contributed by atoms with E-state index in [4.69, 9.17) is 14.2 Å². The van der Waals surface area contributed by atoms with Gasteiger partial charge in [-0.25, -0.2) is 9.18 Å². The molecule has 0 spiro atoms. The fourth-order valence-corrected chi connectivity index (χ4v) is 3.24. The van der Waals surface area contributed by atoms with Crippen molar-refractivity contribution in [1.82, 2.24) is 4.57 Å². The highest BCUT2D eigenvalue weighted by molar-refractivity contribution is 5.99. The minimum Gasteiger partial charge on any atom is -0.493 e. The molecule has 7 heteroatoms. The summed E-state index contributed by atoms with van der Waals surface area (Å²) >= 11 is 0. The van der Waals surface area contributed by atoms with Gasteiger partial charge in [0.2, 0.25) is 5.78 Å². The lowest BCUT2D eigenvalue weighted by atomic mass is 10.1. The van der Waals surface area contributed by atoms with Gasteiger partial charge in [0.15, 0.2) is 24.7 Å². The molecule has 0 radical (unpaired) electrons. The largest absolute Gasteiger partial charge is 0.493 e. The molecule has 6 nitrogen and oxygen atoms in total. The summed E-state index contributed by atoms with van der Waals surface area (Å²) < 4.78 is 30.7. The number of carbonyl (C=O) groups is 2. The predicted octanol–water partition coefficient (Wildman–Crippen LogP) is 4.11. The lowest BCUT2D eigenvalue weighted by molar-refractivity contribution is -0.144. The summed E-state index contributed by atoms with van der Waals surface area (Å²) in [5, 5.41) is 0. The van der Waals surface area contributed by atoms with Gasteiger partial charge >= 0.3 is 5.97 Å². The molecule has 0 atom stereocenters. The Morgan fingerprint density at radius 2 is 1.65 bits per heavy atom. The fourth-order valence-electron chi connectivity index (χ4n) is 3.24. The summed E-state index contributed by atoms with van der Waals surface area (Å²) in [6.45, 7) is 3.51. The SMILES string of the molecule is COc1ccccc1OCC(=O)OCC(=O)c1cc(C)n(Cc2ccc(F)cc2)c1C. The second kappa shape index (κ2) is 9.93. The lowest BCUT2D eigenvalue weighted by Gasteiger charge is -2.11. The number of halogens is 1. The molecule has 3 rings (SSSR count). The van der Waals surface area contributed by atoms with E-state index in [-0.39, 0.29) is 24.8 Å². The van der Waals surface area contributed by atoms with Crippen molar-refractivity contribution in [3.05, 3.63) is 82.9 Å². The summed E-state index contributed by atoms with van der Waals surface area (Å²) in [4.78, 5) is 24.6. The first-order chi connectivity index (χ1) is 14.9. The molecule has 0 saturated heterocycles. The Balaban J connectivity index is 1.58. The maximum Gasteiger partial charge on any atom is 0.344 e. The molecule has 162 valence electrons. The van der Waals surface area contributed by atoms with Gasteiger partial charge < -0.3 is 18.8 Å². The number of ether oxygens (including phenoxy) is 3. The van der Waals surface area contributed by atoms with Crippen molar-refractivity contribution in [3.8, 4) is 11.5 Å². The van der Waals surface area contributed by atoms with Gasteiger partial charge in [0.25, 0.3) is 0 Å². The molecule has 0 bridgehead atoms. The highest BCUT2D eigenvalue weighted by Gasteiger charge is 2.18. The summed E-state index contributed by atoms with van der Waals surface area (Å²) in [5.41, 5.74) is 3.05. The maximum absolute atomic E-state index is 13.1. The van der Waals surface area contributed by atoms with E-state index in [1.165, 1.54) is 19.2 Å². The molecule has 0 N–H and O–H groups in total. The lowest BCUT2D eigenvalue weighted by Crippen LogP contribution is -2.20. The van der Waals surface area contributed by atoms with Crippen LogP contribution < -0.4 is 9.47 Å². The van der Waals surface area contributed by atoms with Crippen LogP contribution in [0.25, 0.3) is 0 Å². The summed E-state index contributed by atoms with van der Waals surface area (Å²) in [7, 11) is 1.51. The number of esters is 1. The van der Waals surface area contributed by atoms with E-state index in [1.54, 1.807) is 42.5 Å². The first kappa shape index (κ1) is 22.1. The second-order valence-electron chi connectivity index (χ2n) is 7.02. The van der Waals surface area contributed by atoms with Crippen LogP contribution >= 0.6 is 0 Å². The number of rotatable bonds is 9.